The Morgan fingerprint density at radius 3 is 2.52 bits per heavy atom. The molecule has 23 heavy (non-hydrogen) atoms. The van der Waals surface area contributed by atoms with Crippen LogP contribution in [0.3, 0.4) is 0 Å². The summed E-state index contributed by atoms with van der Waals surface area (Å²) in [6.07, 6.45) is 9.55. The Hall–Kier alpha value is -1.77. The fourth-order valence-electron chi connectivity index (χ4n) is 4.02. The van der Waals surface area contributed by atoms with Gasteiger partial charge in [-0.1, -0.05) is 25.0 Å². The summed E-state index contributed by atoms with van der Waals surface area (Å²) in [6, 6.07) is 5.21. The molecule has 0 spiro atoms. The summed E-state index contributed by atoms with van der Waals surface area (Å²) in [6.45, 7) is 4.18. The average molecular weight is 311 g/mol. The summed E-state index contributed by atoms with van der Waals surface area (Å²) in [5.74, 6) is 0.292. The topological polar surface area (TPSA) is 33.5 Å². The lowest BCUT2D eigenvalue weighted by atomic mass is 10.0. The molecular weight excluding hydrogens is 286 g/mol. The van der Waals surface area contributed by atoms with Crippen LogP contribution in [0, 0.1) is 13.8 Å². The van der Waals surface area contributed by atoms with Crippen molar-refractivity contribution in [1.82, 2.24) is 4.90 Å². The SMILES string of the molecule is Cc1ccc2c(CC(=O)N(C3CCCC3)C3CC3)coc2c1C. The number of amides is 1. The van der Waals surface area contributed by atoms with Gasteiger partial charge in [0.05, 0.1) is 12.7 Å². The van der Waals surface area contributed by atoms with Gasteiger partial charge in [-0.3, -0.25) is 4.79 Å². The van der Waals surface area contributed by atoms with Gasteiger partial charge in [0.25, 0.3) is 0 Å². The van der Waals surface area contributed by atoms with Crippen molar-refractivity contribution in [2.75, 3.05) is 0 Å². The lowest BCUT2D eigenvalue weighted by molar-refractivity contribution is -0.133. The number of benzene rings is 1. The van der Waals surface area contributed by atoms with Gasteiger partial charge in [0.1, 0.15) is 5.58 Å². The highest BCUT2D eigenvalue weighted by atomic mass is 16.3. The highest BCUT2D eigenvalue weighted by molar-refractivity contribution is 5.90. The van der Waals surface area contributed by atoms with E-state index in [1.165, 1.54) is 49.7 Å². The van der Waals surface area contributed by atoms with Gasteiger partial charge in [-0.05, 0) is 50.7 Å². The number of nitrogens with zero attached hydrogens (tertiary/aromatic N) is 1. The molecule has 1 amide bonds. The minimum Gasteiger partial charge on any atom is -0.464 e. The van der Waals surface area contributed by atoms with Crippen molar-refractivity contribution in [3.63, 3.8) is 0 Å². The highest BCUT2D eigenvalue weighted by Crippen LogP contribution is 2.35. The first kappa shape index (κ1) is 14.8. The molecule has 2 saturated carbocycles. The molecule has 0 aliphatic heterocycles. The van der Waals surface area contributed by atoms with E-state index in [-0.39, 0.29) is 0 Å². The van der Waals surface area contributed by atoms with Crippen LogP contribution in [-0.2, 0) is 11.2 Å². The second-order valence-electron chi connectivity index (χ2n) is 7.29. The van der Waals surface area contributed by atoms with Crippen LogP contribution in [-0.4, -0.2) is 22.9 Å². The van der Waals surface area contributed by atoms with Crippen molar-refractivity contribution in [2.24, 2.45) is 0 Å². The first-order chi connectivity index (χ1) is 11.1. The van der Waals surface area contributed by atoms with Crippen LogP contribution < -0.4 is 0 Å². The molecule has 0 bridgehead atoms. The minimum absolute atomic E-state index is 0.292. The molecule has 0 saturated heterocycles. The zero-order valence-corrected chi connectivity index (χ0v) is 14.1. The molecule has 2 aromatic rings. The first-order valence-electron chi connectivity index (χ1n) is 8.92. The number of carbonyl (C=O) groups excluding carboxylic acids is 1. The zero-order chi connectivity index (χ0) is 16.0. The number of hydrogen-bond donors (Lipinski definition) is 0. The quantitative estimate of drug-likeness (QED) is 0.831. The zero-order valence-electron chi connectivity index (χ0n) is 14.1. The van der Waals surface area contributed by atoms with Gasteiger partial charge in [0.2, 0.25) is 5.91 Å². The number of rotatable bonds is 4. The van der Waals surface area contributed by atoms with E-state index in [9.17, 15) is 4.79 Å². The van der Waals surface area contributed by atoms with E-state index in [4.69, 9.17) is 4.42 Å². The summed E-state index contributed by atoms with van der Waals surface area (Å²) in [5, 5.41) is 1.10. The maximum atomic E-state index is 13.0. The molecule has 122 valence electrons. The molecule has 4 rings (SSSR count). The van der Waals surface area contributed by atoms with Crippen LogP contribution in [0.15, 0.2) is 22.8 Å². The molecule has 0 N–H and O–H groups in total. The smallest absolute Gasteiger partial charge is 0.227 e. The number of aryl methyl sites for hydroxylation is 2. The fraction of sp³-hybridized carbons (Fsp3) is 0.550. The van der Waals surface area contributed by atoms with Crippen LogP contribution in [0.25, 0.3) is 11.0 Å². The van der Waals surface area contributed by atoms with Crippen molar-refractivity contribution >= 4 is 16.9 Å². The number of furan rings is 1. The van der Waals surface area contributed by atoms with Gasteiger partial charge in [0, 0.05) is 23.0 Å². The van der Waals surface area contributed by atoms with Gasteiger partial charge < -0.3 is 9.32 Å². The molecule has 2 fully saturated rings. The molecule has 0 atom stereocenters. The summed E-state index contributed by atoms with van der Waals surface area (Å²) in [4.78, 5) is 15.2. The standard InChI is InChI=1S/C20H25NO2/c1-13-7-10-18-15(12-23-20(18)14(13)2)11-19(22)21(17-8-9-17)16-5-3-4-6-16/h7,10,12,16-17H,3-6,8-9,11H2,1-2H3. The molecule has 1 aromatic heterocycles. The van der Waals surface area contributed by atoms with Gasteiger partial charge >= 0.3 is 0 Å². The Labute approximate surface area is 137 Å². The van der Waals surface area contributed by atoms with Crippen LogP contribution in [0.1, 0.15) is 55.2 Å². The minimum atomic E-state index is 0.292. The predicted octanol–water partition coefficient (Wildman–Crippen LogP) is 4.53. The molecule has 1 heterocycles. The first-order valence-corrected chi connectivity index (χ1v) is 8.92. The lowest BCUT2D eigenvalue weighted by Crippen LogP contribution is -2.41. The van der Waals surface area contributed by atoms with Crippen LogP contribution in [0.5, 0.6) is 0 Å². The van der Waals surface area contributed by atoms with Crippen molar-refractivity contribution < 1.29 is 9.21 Å². The van der Waals surface area contributed by atoms with E-state index >= 15 is 0 Å². The fourth-order valence-corrected chi connectivity index (χ4v) is 4.02. The van der Waals surface area contributed by atoms with E-state index in [0.717, 1.165) is 16.5 Å². The Kier molecular flexibility index (Phi) is 3.67. The lowest BCUT2D eigenvalue weighted by Gasteiger charge is -2.29. The van der Waals surface area contributed by atoms with Crippen molar-refractivity contribution in [3.05, 3.63) is 35.1 Å². The molecular formula is C20H25NO2. The van der Waals surface area contributed by atoms with E-state index in [2.05, 4.69) is 30.9 Å². The number of fused-ring (bicyclic) bond motifs is 1. The molecule has 3 nitrogen and oxygen atoms in total. The monoisotopic (exact) mass is 311 g/mol. The second-order valence-corrected chi connectivity index (χ2v) is 7.29. The number of hydrogen-bond acceptors (Lipinski definition) is 2. The van der Waals surface area contributed by atoms with E-state index in [1.807, 2.05) is 0 Å². The van der Waals surface area contributed by atoms with Crippen LogP contribution >= 0.6 is 0 Å². The largest absolute Gasteiger partial charge is 0.464 e. The van der Waals surface area contributed by atoms with Gasteiger partial charge in [0.15, 0.2) is 0 Å². The van der Waals surface area contributed by atoms with Crippen molar-refractivity contribution in [1.29, 1.82) is 0 Å². The molecule has 2 aliphatic carbocycles. The third-order valence-corrected chi connectivity index (χ3v) is 5.63. The summed E-state index contributed by atoms with van der Waals surface area (Å²) in [7, 11) is 0. The molecule has 2 aliphatic rings. The normalized spacial score (nSPS) is 18.7. The van der Waals surface area contributed by atoms with E-state index in [1.54, 1.807) is 6.26 Å². The van der Waals surface area contributed by atoms with Gasteiger partial charge in [-0.25, -0.2) is 0 Å². The van der Waals surface area contributed by atoms with Crippen LogP contribution in [0.4, 0.5) is 0 Å². The average Bonchev–Trinajstić information content (AvgIpc) is 3.05. The predicted molar refractivity (Wildman–Crippen MR) is 91.5 cm³/mol. The Morgan fingerprint density at radius 2 is 1.83 bits per heavy atom. The molecule has 1 aromatic carbocycles. The van der Waals surface area contributed by atoms with Crippen molar-refractivity contribution in [2.45, 2.75) is 70.9 Å². The number of carbonyl (C=O) groups is 1. The van der Waals surface area contributed by atoms with E-state index in [0.29, 0.717) is 24.4 Å². The van der Waals surface area contributed by atoms with Crippen molar-refractivity contribution in [3.8, 4) is 0 Å². The van der Waals surface area contributed by atoms with Gasteiger partial charge in [-0.2, -0.15) is 0 Å². The highest BCUT2D eigenvalue weighted by Gasteiger charge is 2.38. The maximum Gasteiger partial charge on any atom is 0.227 e. The molecule has 3 heteroatoms. The summed E-state index contributed by atoms with van der Waals surface area (Å²) >= 11 is 0. The summed E-state index contributed by atoms with van der Waals surface area (Å²) in [5.41, 5.74) is 4.38. The third kappa shape index (κ3) is 2.66. The second kappa shape index (κ2) is 5.70. The Balaban J connectivity index is 1.59. The Morgan fingerprint density at radius 1 is 1.13 bits per heavy atom. The van der Waals surface area contributed by atoms with Crippen LogP contribution in [0.2, 0.25) is 0 Å². The maximum absolute atomic E-state index is 13.0. The summed E-state index contributed by atoms with van der Waals surface area (Å²) < 4.78 is 5.77. The molecule has 0 radical (unpaired) electrons. The Bertz CT molecular complexity index is 735. The van der Waals surface area contributed by atoms with E-state index < -0.39 is 0 Å². The van der Waals surface area contributed by atoms with Gasteiger partial charge in [-0.15, -0.1) is 0 Å². The molecule has 0 unspecified atom stereocenters. The third-order valence-electron chi connectivity index (χ3n) is 5.63.